The lowest BCUT2D eigenvalue weighted by molar-refractivity contribution is -0.146. The molecular formula is C18H30FN5O3S. The Balaban J connectivity index is 1.69. The number of halogens is 1. The van der Waals surface area contributed by atoms with Crippen LogP contribution in [0.1, 0.15) is 39.0 Å². The van der Waals surface area contributed by atoms with E-state index >= 15 is 0 Å². The average Bonchev–Trinajstić information content (AvgIpc) is 2.95. The maximum atomic E-state index is 14.4. The number of nitrogens with zero attached hydrogens (tertiary/aromatic N) is 2. The highest BCUT2D eigenvalue weighted by molar-refractivity contribution is 7.84. The Kier molecular flexibility index (Phi) is 5.62. The van der Waals surface area contributed by atoms with Crippen LogP contribution in [0.5, 0.6) is 0 Å². The molecule has 3 fully saturated rings. The molecule has 0 spiro atoms. The van der Waals surface area contributed by atoms with Gasteiger partial charge in [0, 0.05) is 25.3 Å². The van der Waals surface area contributed by atoms with Crippen LogP contribution in [0.3, 0.4) is 0 Å². The molecular weight excluding hydrogens is 385 g/mol. The van der Waals surface area contributed by atoms with Crippen LogP contribution >= 0.6 is 0 Å². The van der Waals surface area contributed by atoms with E-state index in [0.29, 0.717) is 13.0 Å². The molecule has 10 heteroatoms. The van der Waals surface area contributed by atoms with Crippen molar-refractivity contribution in [3.8, 4) is 0 Å². The van der Waals surface area contributed by atoms with Crippen LogP contribution in [0.25, 0.3) is 0 Å². The van der Waals surface area contributed by atoms with Gasteiger partial charge in [0.25, 0.3) is 0 Å². The lowest BCUT2D eigenvalue weighted by Crippen LogP contribution is -2.68. The van der Waals surface area contributed by atoms with Gasteiger partial charge in [0.15, 0.2) is 0 Å². The van der Waals surface area contributed by atoms with Gasteiger partial charge in [0.2, 0.25) is 5.91 Å². The quantitative estimate of drug-likeness (QED) is 0.467. The zero-order valence-corrected chi connectivity index (χ0v) is 17.2. The van der Waals surface area contributed by atoms with Crippen molar-refractivity contribution in [3.05, 3.63) is 11.9 Å². The maximum absolute atomic E-state index is 14.4. The van der Waals surface area contributed by atoms with E-state index in [1.165, 1.54) is 6.08 Å². The number of carbonyl (C=O) groups is 1. The highest BCUT2D eigenvalue weighted by Crippen LogP contribution is 2.34. The van der Waals surface area contributed by atoms with Gasteiger partial charge in [0.05, 0.1) is 47.0 Å². The van der Waals surface area contributed by atoms with E-state index in [2.05, 4.69) is 16.0 Å². The lowest BCUT2D eigenvalue weighted by Gasteiger charge is -2.47. The van der Waals surface area contributed by atoms with Gasteiger partial charge in [-0.2, -0.15) is 5.01 Å². The molecule has 0 aliphatic carbocycles. The minimum absolute atomic E-state index is 0.0654. The summed E-state index contributed by atoms with van der Waals surface area (Å²) >= 11 is 0. The Labute approximate surface area is 167 Å². The van der Waals surface area contributed by atoms with Crippen molar-refractivity contribution in [1.82, 2.24) is 26.0 Å². The molecule has 0 aromatic carbocycles. The van der Waals surface area contributed by atoms with Crippen LogP contribution in [-0.2, 0) is 15.6 Å². The van der Waals surface area contributed by atoms with Crippen molar-refractivity contribution in [1.29, 1.82) is 0 Å². The first-order chi connectivity index (χ1) is 13.3. The van der Waals surface area contributed by atoms with E-state index in [4.69, 9.17) is 0 Å². The molecule has 7 atom stereocenters. The first-order valence-electron chi connectivity index (χ1n) is 10.0. The van der Waals surface area contributed by atoms with E-state index in [1.807, 2.05) is 5.01 Å². The van der Waals surface area contributed by atoms with Crippen molar-refractivity contribution in [2.45, 2.75) is 68.5 Å². The van der Waals surface area contributed by atoms with Gasteiger partial charge in [-0.05, 0) is 38.7 Å². The van der Waals surface area contributed by atoms with Gasteiger partial charge < -0.3 is 5.11 Å². The molecule has 1 amide bonds. The van der Waals surface area contributed by atoms with Crippen molar-refractivity contribution in [3.63, 3.8) is 0 Å². The summed E-state index contributed by atoms with van der Waals surface area (Å²) in [5, 5.41) is 24.5. The Morgan fingerprint density at radius 2 is 2.14 bits per heavy atom. The van der Waals surface area contributed by atoms with Gasteiger partial charge in [0.1, 0.15) is 5.50 Å². The summed E-state index contributed by atoms with van der Waals surface area (Å²) in [6, 6.07) is -0.175. The topological polar surface area (TPSA) is 96.9 Å². The van der Waals surface area contributed by atoms with E-state index < -0.39 is 21.9 Å². The normalized spacial score (nSPS) is 43.6. The third kappa shape index (κ3) is 3.66. The molecule has 0 aromatic rings. The molecule has 4 aliphatic heterocycles. The molecule has 4 heterocycles. The molecule has 28 heavy (non-hydrogen) atoms. The molecule has 0 radical (unpaired) electrons. The first-order valence-corrected chi connectivity index (χ1v) is 11.6. The number of carbonyl (C=O) groups excluding carboxylic acids is 1. The van der Waals surface area contributed by atoms with Gasteiger partial charge in [-0.25, -0.2) is 4.39 Å². The largest absolute Gasteiger partial charge is 0.389 e. The SMILES string of the molecule is CS(=O)C1NCC2C(=O)N3CC=C(F)CC[C@@](C)(O)C4CCCC(N4)N3C2N1. The smallest absolute Gasteiger partial charge is 0.244 e. The number of allylic oxidation sites excluding steroid dienone is 1. The van der Waals surface area contributed by atoms with Crippen molar-refractivity contribution in [2.75, 3.05) is 19.3 Å². The first kappa shape index (κ1) is 20.4. The number of fused-ring (bicyclic) bond motifs is 6. The number of hydrogen-bond donors (Lipinski definition) is 4. The summed E-state index contributed by atoms with van der Waals surface area (Å²) < 4.78 is 26.4. The molecule has 2 bridgehead atoms. The molecule has 3 saturated heterocycles. The molecule has 158 valence electrons. The molecule has 4 aliphatic rings. The van der Waals surface area contributed by atoms with Crippen LogP contribution < -0.4 is 16.0 Å². The fraction of sp³-hybridized carbons (Fsp3) is 0.833. The van der Waals surface area contributed by atoms with Crippen LogP contribution in [0, 0.1) is 5.92 Å². The van der Waals surface area contributed by atoms with Crippen LogP contribution in [0.15, 0.2) is 11.9 Å². The zero-order valence-electron chi connectivity index (χ0n) is 16.4. The number of hydrazine groups is 1. The Morgan fingerprint density at radius 1 is 1.36 bits per heavy atom. The van der Waals surface area contributed by atoms with Gasteiger partial charge >= 0.3 is 0 Å². The number of amides is 1. The van der Waals surface area contributed by atoms with Gasteiger partial charge in [-0.3, -0.25) is 30.0 Å². The zero-order chi connectivity index (χ0) is 20.1. The summed E-state index contributed by atoms with van der Waals surface area (Å²) in [5.74, 6) is -0.704. The second-order valence-electron chi connectivity index (χ2n) is 8.48. The molecule has 6 unspecified atom stereocenters. The van der Waals surface area contributed by atoms with E-state index in [0.717, 1.165) is 19.3 Å². The molecule has 0 aromatic heterocycles. The fourth-order valence-electron chi connectivity index (χ4n) is 4.82. The molecule has 4 rings (SSSR count). The summed E-state index contributed by atoms with van der Waals surface area (Å²) in [5.41, 5.74) is -1.43. The summed E-state index contributed by atoms with van der Waals surface area (Å²) in [6.45, 7) is 2.34. The number of rotatable bonds is 1. The highest BCUT2D eigenvalue weighted by atomic mass is 32.2. The van der Waals surface area contributed by atoms with Crippen molar-refractivity contribution < 1.29 is 18.5 Å². The Morgan fingerprint density at radius 3 is 2.89 bits per heavy atom. The second-order valence-corrected chi connectivity index (χ2v) is 9.95. The second kappa shape index (κ2) is 7.73. The van der Waals surface area contributed by atoms with Gasteiger partial charge in [-0.1, -0.05) is 0 Å². The monoisotopic (exact) mass is 415 g/mol. The molecule has 8 nitrogen and oxygen atoms in total. The molecule has 4 N–H and O–H groups in total. The summed E-state index contributed by atoms with van der Waals surface area (Å²) in [7, 11) is -1.14. The number of hydrogen-bond acceptors (Lipinski definition) is 7. The van der Waals surface area contributed by atoms with Gasteiger partial charge in [-0.15, -0.1) is 0 Å². The highest BCUT2D eigenvalue weighted by Gasteiger charge is 2.53. The van der Waals surface area contributed by atoms with E-state index in [9.17, 15) is 18.5 Å². The number of aliphatic hydroxyl groups is 1. The molecule has 0 saturated carbocycles. The summed E-state index contributed by atoms with van der Waals surface area (Å²) in [6.07, 6.45) is 5.61. The van der Waals surface area contributed by atoms with Crippen LogP contribution in [-0.4, -0.2) is 74.1 Å². The average molecular weight is 416 g/mol. The Hall–Kier alpha value is -0.910. The standard InChI is InChI=1S/C18H30FN5O3S/c1-18(26)8-6-11(19)7-9-23-16(25)12-10-20-17(28(2)27)22-15(12)24(23)14-5-3-4-13(18)21-14/h7,12-15,17,20-22,26H,3-6,8-10H2,1-2H3/t12?,13?,14?,15?,17?,18-,28?/m1/s1. The number of piperidine rings is 1. The third-order valence-corrected chi connectivity index (χ3v) is 7.45. The van der Waals surface area contributed by atoms with Crippen molar-refractivity contribution in [2.24, 2.45) is 5.92 Å². The third-order valence-electron chi connectivity index (χ3n) is 6.48. The predicted octanol–water partition coefficient (Wildman–Crippen LogP) is -0.291. The predicted molar refractivity (Wildman–Crippen MR) is 103 cm³/mol. The van der Waals surface area contributed by atoms with Crippen molar-refractivity contribution >= 4 is 16.7 Å². The van der Waals surface area contributed by atoms with Crippen LogP contribution in [0.4, 0.5) is 4.39 Å². The van der Waals surface area contributed by atoms with E-state index in [-0.39, 0.29) is 49.0 Å². The minimum Gasteiger partial charge on any atom is -0.389 e. The van der Waals surface area contributed by atoms with E-state index in [1.54, 1.807) is 18.2 Å². The van der Waals surface area contributed by atoms with Crippen LogP contribution in [0.2, 0.25) is 0 Å². The minimum atomic E-state index is -1.14. The fourth-order valence-corrected chi connectivity index (χ4v) is 5.48. The Bertz CT molecular complexity index is 690. The summed E-state index contributed by atoms with van der Waals surface area (Å²) in [4.78, 5) is 13.1. The lowest BCUT2D eigenvalue weighted by atomic mass is 9.85. The maximum Gasteiger partial charge on any atom is 0.244 e. The number of nitrogens with one attached hydrogen (secondary N) is 3.